The van der Waals surface area contributed by atoms with Crippen molar-refractivity contribution in [1.82, 2.24) is 4.98 Å². The number of nitrogens with zero attached hydrogens (tertiary/aromatic N) is 1. The van der Waals surface area contributed by atoms with Crippen molar-refractivity contribution in [2.75, 3.05) is 6.61 Å². The topological polar surface area (TPSA) is 72.0 Å². The predicted octanol–water partition coefficient (Wildman–Crippen LogP) is 2.18. The van der Waals surface area contributed by atoms with E-state index in [1.165, 1.54) is 0 Å². The number of hydrogen-bond donors (Lipinski definition) is 2. The number of aromatic nitrogens is 1. The van der Waals surface area contributed by atoms with Gasteiger partial charge in [-0.15, -0.1) is 0 Å². The van der Waals surface area contributed by atoms with Gasteiger partial charge in [-0.2, -0.15) is 0 Å². The third-order valence-corrected chi connectivity index (χ3v) is 2.14. The van der Waals surface area contributed by atoms with Crippen LogP contribution in [0.15, 0.2) is 18.3 Å². The average Bonchev–Trinajstić information content (AvgIpc) is 2.16. The largest absolute Gasteiger partial charge is 0.491 e. The molecule has 16 heavy (non-hydrogen) atoms. The summed E-state index contributed by atoms with van der Waals surface area (Å²) < 4.78 is 5.59. The van der Waals surface area contributed by atoms with Gasteiger partial charge in [-0.3, -0.25) is 5.41 Å². The van der Waals surface area contributed by atoms with Crippen molar-refractivity contribution < 1.29 is 4.74 Å². The molecule has 4 heteroatoms. The molecular formula is C12H19N3O. The molecule has 0 spiro atoms. The molecule has 0 unspecified atom stereocenters. The highest BCUT2D eigenvalue weighted by Crippen LogP contribution is 2.20. The number of rotatable bonds is 4. The number of hydrogen-bond acceptors (Lipinski definition) is 3. The summed E-state index contributed by atoms with van der Waals surface area (Å²) in [6.07, 6.45) is 2.55. The molecule has 0 aliphatic carbocycles. The van der Waals surface area contributed by atoms with Crippen molar-refractivity contribution in [1.29, 1.82) is 5.41 Å². The van der Waals surface area contributed by atoms with Crippen molar-refractivity contribution in [3.63, 3.8) is 0 Å². The molecule has 88 valence electrons. The Morgan fingerprint density at radius 2 is 2.19 bits per heavy atom. The Hall–Kier alpha value is -1.58. The summed E-state index contributed by atoms with van der Waals surface area (Å²) in [6.45, 7) is 7.08. The lowest BCUT2D eigenvalue weighted by atomic mass is 9.93. The molecule has 0 radical (unpaired) electrons. The maximum Gasteiger partial charge on any atom is 0.148 e. The molecule has 0 aromatic carbocycles. The lowest BCUT2D eigenvalue weighted by Crippen LogP contribution is -2.16. The highest BCUT2D eigenvalue weighted by atomic mass is 16.5. The second-order valence-corrected chi connectivity index (χ2v) is 4.92. The number of nitrogens with two attached hydrogens (primary N) is 1. The maximum atomic E-state index is 7.37. The summed E-state index contributed by atoms with van der Waals surface area (Å²) in [4.78, 5) is 4.02. The van der Waals surface area contributed by atoms with Crippen LogP contribution in [0.1, 0.15) is 32.9 Å². The fourth-order valence-electron chi connectivity index (χ4n) is 1.18. The molecule has 0 bridgehead atoms. The Labute approximate surface area is 96.3 Å². The van der Waals surface area contributed by atoms with E-state index in [-0.39, 0.29) is 11.3 Å². The first-order chi connectivity index (χ1) is 7.40. The third kappa shape index (κ3) is 3.88. The molecule has 0 atom stereocenters. The molecule has 4 nitrogen and oxygen atoms in total. The fourth-order valence-corrected chi connectivity index (χ4v) is 1.18. The van der Waals surface area contributed by atoms with Gasteiger partial charge in [-0.05, 0) is 24.0 Å². The molecule has 1 heterocycles. The van der Waals surface area contributed by atoms with Crippen LogP contribution in [0.25, 0.3) is 0 Å². The van der Waals surface area contributed by atoms with Gasteiger partial charge in [-0.1, -0.05) is 20.8 Å². The Kier molecular flexibility index (Phi) is 3.88. The van der Waals surface area contributed by atoms with Gasteiger partial charge in [0.1, 0.15) is 17.3 Å². The second kappa shape index (κ2) is 4.96. The summed E-state index contributed by atoms with van der Waals surface area (Å²) in [7, 11) is 0. The van der Waals surface area contributed by atoms with Gasteiger partial charge in [0.2, 0.25) is 0 Å². The van der Waals surface area contributed by atoms with Crippen molar-refractivity contribution in [2.24, 2.45) is 11.1 Å². The van der Waals surface area contributed by atoms with Crippen LogP contribution in [-0.4, -0.2) is 17.4 Å². The van der Waals surface area contributed by atoms with Crippen LogP contribution < -0.4 is 10.5 Å². The predicted molar refractivity (Wildman–Crippen MR) is 64.8 cm³/mol. The quantitative estimate of drug-likeness (QED) is 0.604. The maximum absolute atomic E-state index is 7.37. The van der Waals surface area contributed by atoms with Crippen LogP contribution in [0.3, 0.4) is 0 Å². The van der Waals surface area contributed by atoms with E-state index in [1.54, 1.807) is 18.3 Å². The first-order valence-electron chi connectivity index (χ1n) is 5.32. The molecule has 1 rings (SSSR count). The molecule has 1 aromatic rings. The van der Waals surface area contributed by atoms with Crippen LogP contribution in [0.2, 0.25) is 0 Å². The van der Waals surface area contributed by atoms with Gasteiger partial charge in [0.15, 0.2) is 0 Å². The minimum atomic E-state index is -0.0636. The number of pyridine rings is 1. The number of nitrogens with one attached hydrogen (secondary N) is 1. The molecular weight excluding hydrogens is 202 g/mol. The molecule has 3 N–H and O–H groups in total. The zero-order valence-electron chi connectivity index (χ0n) is 10.1. The van der Waals surface area contributed by atoms with Crippen LogP contribution in [0.5, 0.6) is 5.75 Å². The van der Waals surface area contributed by atoms with Crippen molar-refractivity contribution in [3.05, 3.63) is 24.0 Å². The van der Waals surface area contributed by atoms with Gasteiger partial charge in [0, 0.05) is 6.20 Å². The van der Waals surface area contributed by atoms with E-state index >= 15 is 0 Å². The van der Waals surface area contributed by atoms with Crippen LogP contribution in [0.4, 0.5) is 0 Å². The number of nitrogen functional groups attached to an aromatic ring is 1. The molecule has 0 aliphatic heterocycles. The van der Waals surface area contributed by atoms with E-state index in [4.69, 9.17) is 15.9 Å². The lowest BCUT2D eigenvalue weighted by molar-refractivity contribution is 0.242. The minimum Gasteiger partial charge on any atom is -0.491 e. The van der Waals surface area contributed by atoms with E-state index < -0.39 is 0 Å². The fraction of sp³-hybridized carbons (Fsp3) is 0.500. The van der Waals surface area contributed by atoms with Gasteiger partial charge in [0.25, 0.3) is 0 Å². The van der Waals surface area contributed by atoms with E-state index in [9.17, 15) is 0 Å². The zero-order chi connectivity index (χ0) is 12.2. The smallest absolute Gasteiger partial charge is 0.148 e. The summed E-state index contributed by atoms with van der Waals surface area (Å²) >= 11 is 0. The zero-order valence-corrected chi connectivity index (χ0v) is 10.1. The van der Waals surface area contributed by atoms with E-state index in [1.807, 2.05) is 0 Å². The third-order valence-electron chi connectivity index (χ3n) is 2.14. The van der Waals surface area contributed by atoms with Gasteiger partial charge in [-0.25, -0.2) is 4.98 Å². The standard InChI is InChI=1S/C12H19N3O/c1-12(2,3)6-8-16-9-5-4-7-15-10(9)11(13)14/h4-5,7H,6,8H2,1-3H3,(H3,13,14). The Morgan fingerprint density at radius 1 is 1.50 bits per heavy atom. The normalized spacial score (nSPS) is 11.2. The van der Waals surface area contributed by atoms with Gasteiger partial charge in [0.05, 0.1) is 6.61 Å². The molecule has 0 saturated heterocycles. The summed E-state index contributed by atoms with van der Waals surface area (Å²) in [5, 5.41) is 7.37. The monoisotopic (exact) mass is 221 g/mol. The van der Waals surface area contributed by atoms with Crippen LogP contribution in [-0.2, 0) is 0 Å². The van der Waals surface area contributed by atoms with Crippen molar-refractivity contribution in [2.45, 2.75) is 27.2 Å². The first-order valence-corrected chi connectivity index (χ1v) is 5.32. The molecule has 0 fully saturated rings. The number of amidine groups is 1. The Bertz CT molecular complexity index is 369. The summed E-state index contributed by atoms with van der Waals surface area (Å²) in [5.74, 6) is 0.519. The Balaban J connectivity index is 2.64. The van der Waals surface area contributed by atoms with Gasteiger partial charge < -0.3 is 10.5 Å². The van der Waals surface area contributed by atoms with E-state index in [0.717, 1.165) is 6.42 Å². The van der Waals surface area contributed by atoms with Crippen molar-refractivity contribution >= 4 is 5.84 Å². The summed E-state index contributed by atoms with van der Waals surface area (Å²) in [6, 6.07) is 3.56. The lowest BCUT2D eigenvalue weighted by Gasteiger charge is -2.18. The van der Waals surface area contributed by atoms with E-state index in [0.29, 0.717) is 18.1 Å². The summed E-state index contributed by atoms with van der Waals surface area (Å²) in [5.41, 5.74) is 6.06. The van der Waals surface area contributed by atoms with Crippen molar-refractivity contribution in [3.8, 4) is 5.75 Å². The number of ether oxygens (including phenoxy) is 1. The minimum absolute atomic E-state index is 0.0636. The second-order valence-electron chi connectivity index (χ2n) is 4.92. The first kappa shape index (κ1) is 12.5. The van der Waals surface area contributed by atoms with Gasteiger partial charge >= 0.3 is 0 Å². The molecule has 0 aliphatic rings. The Morgan fingerprint density at radius 3 is 2.75 bits per heavy atom. The highest BCUT2D eigenvalue weighted by Gasteiger charge is 2.12. The average molecular weight is 221 g/mol. The highest BCUT2D eigenvalue weighted by molar-refractivity contribution is 5.95. The molecule has 0 saturated carbocycles. The molecule has 1 aromatic heterocycles. The SMILES string of the molecule is CC(C)(C)CCOc1cccnc1C(=N)N. The van der Waals surface area contributed by atoms with Crippen LogP contribution >= 0.6 is 0 Å². The van der Waals surface area contributed by atoms with E-state index in [2.05, 4.69) is 25.8 Å². The van der Waals surface area contributed by atoms with Crippen LogP contribution in [0, 0.1) is 10.8 Å². The molecule has 0 amide bonds.